The van der Waals surface area contributed by atoms with Gasteiger partial charge in [0.1, 0.15) is 0 Å². The average molecular weight is 213 g/mol. The van der Waals surface area contributed by atoms with Gasteiger partial charge in [-0.15, -0.1) is 0 Å². The van der Waals surface area contributed by atoms with E-state index in [1.54, 1.807) is 6.20 Å². The minimum atomic E-state index is 0.733. The molecule has 0 saturated heterocycles. The van der Waals surface area contributed by atoms with E-state index >= 15 is 0 Å². The lowest BCUT2D eigenvalue weighted by Gasteiger charge is -2.09. The Labute approximate surface area is 95.0 Å². The van der Waals surface area contributed by atoms with Gasteiger partial charge in [-0.05, 0) is 31.2 Å². The summed E-state index contributed by atoms with van der Waals surface area (Å²) in [5, 5.41) is 4.41. The molecule has 3 nitrogen and oxygen atoms in total. The van der Waals surface area contributed by atoms with E-state index in [2.05, 4.69) is 16.9 Å². The first kappa shape index (κ1) is 10.5. The third-order valence-electron chi connectivity index (χ3n) is 2.35. The van der Waals surface area contributed by atoms with Gasteiger partial charge < -0.3 is 11.1 Å². The molecule has 3 heteroatoms. The largest absolute Gasteiger partial charge is 0.399 e. The predicted molar refractivity (Wildman–Crippen MR) is 69.5 cm³/mol. The van der Waals surface area contributed by atoms with Crippen LogP contribution in [0.25, 0.3) is 10.9 Å². The molecule has 0 aliphatic carbocycles. The smallest absolute Gasteiger partial charge is 0.0743 e. The molecule has 2 rings (SSSR count). The first-order valence-electron chi connectivity index (χ1n) is 5.19. The summed E-state index contributed by atoms with van der Waals surface area (Å²) >= 11 is 0. The summed E-state index contributed by atoms with van der Waals surface area (Å²) in [6, 6.07) is 7.71. The molecule has 16 heavy (non-hydrogen) atoms. The molecule has 0 atom stereocenters. The SMILES string of the molecule is C=C(C)CNc1ccnc2cc(N)ccc12. The second kappa shape index (κ2) is 4.23. The molecule has 2 aromatic rings. The fourth-order valence-electron chi connectivity index (χ4n) is 1.57. The summed E-state index contributed by atoms with van der Waals surface area (Å²) in [5.74, 6) is 0. The van der Waals surface area contributed by atoms with Crippen LogP contribution in [0.4, 0.5) is 11.4 Å². The summed E-state index contributed by atoms with van der Waals surface area (Å²) in [5.41, 5.74) is 9.52. The first-order chi connectivity index (χ1) is 7.66. The van der Waals surface area contributed by atoms with Crippen LogP contribution in [-0.2, 0) is 0 Å². The highest BCUT2D eigenvalue weighted by molar-refractivity contribution is 5.92. The Morgan fingerprint density at radius 2 is 2.25 bits per heavy atom. The quantitative estimate of drug-likeness (QED) is 0.609. The number of hydrogen-bond donors (Lipinski definition) is 2. The molecular weight excluding hydrogens is 198 g/mol. The van der Waals surface area contributed by atoms with Crippen molar-refractivity contribution in [3.8, 4) is 0 Å². The zero-order valence-electron chi connectivity index (χ0n) is 9.33. The summed E-state index contributed by atoms with van der Waals surface area (Å²) in [6.45, 7) is 6.63. The summed E-state index contributed by atoms with van der Waals surface area (Å²) in [7, 11) is 0. The van der Waals surface area contributed by atoms with Gasteiger partial charge >= 0.3 is 0 Å². The molecule has 1 heterocycles. The number of pyridine rings is 1. The highest BCUT2D eigenvalue weighted by Gasteiger charge is 2.01. The summed E-state index contributed by atoms with van der Waals surface area (Å²) in [6.07, 6.45) is 1.78. The highest BCUT2D eigenvalue weighted by Crippen LogP contribution is 2.23. The number of nitrogens with one attached hydrogen (secondary N) is 1. The number of nitrogens with two attached hydrogens (primary N) is 1. The molecule has 0 aliphatic rings. The van der Waals surface area contributed by atoms with E-state index in [1.165, 1.54) is 0 Å². The van der Waals surface area contributed by atoms with Crippen LogP contribution in [-0.4, -0.2) is 11.5 Å². The number of nitrogens with zero attached hydrogens (tertiary/aromatic N) is 1. The molecule has 0 bridgehead atoms. The van der Waals surface area contributed by atoms with Gasteiger partial charge in [-0.25, -0.2) is 0 Å². The molecule has 1 aromatic heterocycles. The first-order valence-corrected chi connectivity index (χ1v) is 5.19. The van der Waals surface area contributed by atoms with E-state index in [1.807, 2.05) is 31.2 Å². The lowest BCUT2D eigenvalue weighted by molar-refractivity contribution is 1.22. The molecule has 0 amide bonds. The molecule has 0 radical (unpaired) electrons. The van der Waals surface area contributed by atoms with Crippen molar-refractivity contribution in [3.63, 3.8) is 0 Å². The minimum absolute atomic E-state index is 0.733. The molecule has 1 aromatic carbocycles. The molecule has 0 saturated carbocycles. The second-order valence-electron chi connectivity index (χ2n) is 3.95. The van der Waals surface area contributed by atoms with Crippen molar-refractivity contribution in [1.82, 2.24) is 4.98 Å². The number of rotatable bonds is 3. The summed E-state index contributed by atoms with van der Waals surface area (Å²) in [4.78, 5) is 4.29. The Morgan fingerprint density at radius 3 is 3.00 bits per heavy atom. The van der Waals surface area contributed by atoms with E-state index < -0.39 is 0 Å². The monoisotopic (exact) mass is 213 g/mol. The van der Waals surface area contributed by atoms with Crippen molar-refractivity contribution in [3.05, 3.63) is 42.6 Å². The van der Waals surface area contributed by atoms with Gasteiger partial charge in [0.15, 0.2) is 0 Å². The van der Waals surface area contributed by atoms with Crippen molar-refractivity contribution in [2.24, 2.45) is 0 Å². The molecular formula is C13H15N3. The van der Waals surface area contributed by atoms with Gasteiger partial charge in [0.2, 0.25) is 0 Å². The third-order valence-corrected chi connectivity index (χ3v) is 2.35. The number of aromatic nitrogens is 1. The van der Waals surface area contributed by atoms with E-state index in [4.69, 9.17) is 5.73 Å². The van der Waals surface area contributed by atoms with Gasteiger partial charge in [0, 0.05) is 29.5 Å². The number of nitrogen functional groups attached to an aromatic ring is 1. The van der Waals surface area contributed by atoms with Crippen LogP contribution < -0.4 is 11.1 Å². The number of hydrogen-bond acceptors (Lipinski definition) is 3. The van der Waals surface area contributed by atoms with Gasteiger partial charge in [-0.1, -0.05) is 12.2 Å². The molecule has 0 unspecified atom stereocenters. The van der Waals surface area contributed by atoms with Crippen LogP contribution in [0.1, 0.15) is 6.92 Å². The van der Waals surface area contributed by atoms with E-state index in [0.29, 0.717) is 0 Å². The maximum Gasteiger partial charge on any atom is 0.0743 e. The van der Waals surface area contributed by atoms with Crippen LogP contribution in [0.2, 0.25) is 0 Å². The molecule has 3 N–H and O–H groups in total. The zero-order valence-corrected chi connectivity index (χ0v) is 9.33. The standard InChI is InChI=1S/C13H15N3/c1-9(2)8-16-12-5-6-15-13-7-10(14)3-4-11(12)13/h3-7H,1,8,14H2,2H3,(H,15,16). The summed E-state index contributed by atoms with van der Waals surface area (Å²) < 4.78 is 0. The average Bonchev–Trinajstić information content (AvgIpc) is 2.25. The van der Waals surface area contributed by atoms with Crippen LogP contribution >= 0.6 is 0 Å². The fraction of sp³-hybridized carbons (Fsp3) is 0.154. The molecule has 82 valence electrons. The Morgan fingerprint density at radius 1 is 1.44 bits per heavy atom. The van der Waals surface area contributed by atoms with Crippen LogP contribution in [0.3, 0.4) is 0 Å². The predicted octanol–water partition coefficient (Wildman–Crippen LogP) is 2.81. The van der Waals surface area contributed by atoms with Gasteiger partial charge in [0.25, 0.3) is 0 Å². The minimum Gasteiger partial charge on any atom is -0.399 e. The Hall–Kier alpha value is -2.03. The van der Waals surface area contributed by atoms with Crippen molar-refractivity contribution < 1.29 is 0 Å². The van der Waals surface area contributed by atoms with E-state index in [-0.39, 0.29) is 0 Å². The van der Waals surface area contributed by atoms with Gasteiger partial charge in [-0.2, -0.15) is 0 Å². The van der Waals surface area contributed by atoms with Crippen molar-refractivity contribution in [2.45, 2.75) is 6.92 Å². The number of anilines is 2. The Bertz CT molecular complexity index is 532. The lowest BCUT2D eigenvalue weighted by Crippen LogP contribution is -2.02. The molecule has 0 fully saturated rings. The Kier molecular flexibility index (Phi) is 2.77. The second-order valence-corrected chi connectivity index (χ2v) is 3.95. The number of benzene rings is 1. The normalized spacial score (nSPS) is 10.3. The van der Waals surface area contributed by atoms with Crippen molar-refractivity contribution >= 4 is 22.3 Å². The van der Waals surface area contributed by atoms with E-state index in [9.17, 15) is 0 Å². The van der Waals surface area contributed by atoms with Crippen LogP contribution in [0.5, 0.6) is 0 Å². The maximum atomic E-state index is 5.72. The Balaban J connectivity index is 2.41. The van der Waals surface area contributed by atoms with Crippen LogP contribution in [0.15, 0.2) is 42.6 Å². The fourth-order valence-corrected chi connectivity index (χ4v) is 1.57. The highest BCUT2D eigenvalue weighted by atomic mass is 14.9. The van der Waals surface area contributed by atoms with Gasteiger partial charge in [-0.3, -0.25) is 4.98 Å². The van der Waals surface area contributed by atoms with Gasteiger partial charge in [0.05, 0.1) is 5.52 Å². The maximum absolute atomic E-state index is 5.72. The third kappa shape index (κ3) is 2.14. The topological polar surface area (TPSA) is 50.9 Å². The zero-order chi connectivity index (χ0) is 11.5. The van der Waals surface area contributed by atoms with Crippen LogP contribution in [0, 0.1) is 0 Å². The molecule has 0 spiro atoms. The van der Waals surface area contributed by atoms with E-state index in [0.717, 1.165) is 34.4 Å². The lowest BCUT2D eigenvalue weighted by atomic mass is 10.1. The van der Waals surface area contributed by atoms with Crippen molar-refractivity contribution in [1.29, 1.82) is 0 Å². The van der Waals surface area contributed by atoms with Crippen molar-refractivity contribution in [2.75, 3.05) is 17.6 Å². The molecule has 0 aliphatic heterocycles. The number of fused-ring (bicyclic) bond motifs is 1.